The molecule has 3 nitrogen and oxygen atoms in total. The Morgan fingerprint density at radius 1 is 1.25 bits per heavy atom. The predicted octanol–water partition coefficient (Wildman–Crippen LogP) is 0.619. The average Bonchev–Trinajstić information content (AvgIpc) is 1.71. The van der Waals surface area contributed by atoms with Crippen molar-refractivity contribution in [1.82, 2.24) is 0 Å². The molecule has 0 aromatic rings. The van der Waals surface area contributed by atoms with Gasteiger partial charge in [-0.3, -0.25) is 4.18 Å². The molecule has 0 aromatic carbocycles. The quantitative estimate of drug-likeness (QED) is 0.501. The topological polar surface area (TPSA) is 43.4 Å². The fourth-order valence-corrected chi connectivity index (χ4v) is 0. The van der Waals surface area contributed by atoms with Gasteiger partial charge in [0, 0.05) is 0 Å². The summed E-state index contributed by atoms with van der Waals surface area (Å²) in [5.41, 5.74) is 0. The van der Waals surface area contributed by atoms with Crippen LogP contribution >= 0.6 is 0 Å². The van der Waals surface area contributed by atoms with Gasteiger partial charge in [-0.05, 0) is 0 Å². The molecule has 0 saturated heterocycles. The van der Waals surface area contributed by atoms with E-state index in [1.165, 1.54) is 0 Å². The van der Waals surface area contributed by atoms with E-state index in [1.807, 2.05) is 13.8 Å². The van der Waals surface area contributed by atoms with Crippen molar-refractivity contribution < 1.29 is 12.6 Å². The average molecular weight is 140 g/mol. The molecule has 52 valence electrons. The minimum atomic E-state index is -3.16. The van der Waals surface area contributed by atoms with E-state index in [9.17, 15) is 8.42 Å². The lowest BCUT2D eigenvalue weighted by Crippen LogP contribution is -1.95. The van der Waals surface area contributed by atoms with Crippen LogP contribution < -0.4 is 0 Å². The first-order chi connectivity index (χ1) is 3.56. The van der Waals surface area contributed by atoms with Gasteiger partial charge in [-0.25, -0.2) is 0 Å². The molecule has 4 heteroatoms. The molecule has 8 heavy (non-hydrogen) atoms. The fourth-order valence-electron chi connectivity index (χ4n) is 0. The molecular weight excluding hydrogens is 128 g/mol. The zero-order chi connectivity index (χ0) is 7.21. The van der Waals surface area contributed by atoms with E-state index >= 15 is 0 Å². The highest BCUT2D eigenvalue weighted by Gasteiger charge is 1.90. The van der Waals surface area contributed by atoms with Gasteiger partial charge in [0.1, 0.15) is 0 Å². The highest BCUT2D eigenvalue weighted by Crippen LogP contribution is 1.75. The summed E-state index contributed by atoms with van der Waals surface area (Å²) >= 11 is 0. The van der Waals surface area contributed by atoms with Gasteiger partial charge in [-0.1, -0.05) is 13.8 Å². The maximum atomic E-state index is 9.78. The Balaban J connectivity index is 0. The first kappa shape index (κ1) is 10.8. The van der Waals surface area contributed by atoms with Crippen molar-refractivity contribution in [1.29, 1.82) is 0 Å². The highest BCUT2D eigenvalue weighted by molar-refractivity contribution is 7.85. The molecular formula is C4H12O3S. The molecule has 0 aliphatic rings. The maximum absolute atomic E-state index is 9.78. The Morgan fingerprint density at radius 2 is 1.38 bits per heavy atom. The van der Waals surface area contributed by atoms with Crippen molar-refractivity contribution in [2.45, 2.75) is 13.8 Å². The molecule has 0 unspecified atom stereocenters. The van der Waals surface area contributed by atoms with Crippen LogP contribution in [-0.4, -0.2) is 21.8 Å². The highest BCUT2D eigenvalue weighted by atomic mass is 32.2. The molecule has 0 aliphatic heterocycles. The van der Waals surface area contributed by atoms with Crippen molar-refractivity contribution in [3.8, 4) is 0 Å². The fraction of sp³-hybridized carbons (Fsp3) is 1.00. The Labute approximate surface area is 50.8 Å². The van der Waals surface area contributed by atoms with Gasteiger partial charge in [0.2, 0.25) is 0 Å². The summed E-state index contributed by atoms with van der Waals surface area (Å²) in [6.07, 6.45) is 0.993. The number of hydrogen-bond donors (Lipinski definition) is 0. The summed E-state index contributed by atoms with van der Waals surface area (Å²) in [5.74, 6) is 0. The van der Waals surface area contributed by atoms with Crippen LogP contribution in [0.5, 0.6) is 0 Å². The Morgan fingerprint density at radius 3 is 1.38 bits per heavy atom. The SMILES string of the molecule is CC.COS(C)(=O)=O. The van der Waals surface area contributed by atoms with Gasteiger partial charge in [-0.15, -0.1) is 0 Å². The molecule has 0 rings (SSSR count). The Hall–Kier alpha value is -0.0900. The smallest absolute Gasteiger partial charge is 0.264 e. The Bertz CT molecular complexity index is 113. The Kier molecular flexibility index (Phi) is 6.83. The van der Waals surface area contributed by atoms with Gasteiger partial charge < -0.3 is 0 Å². The van der Waals surface area contributed by atoms with Gasteiger partial charge in [-0.2, -0.15) is 8.42 Å². The van der Waals surface area contributed by atoms with E-state index in [0.29, 0.717) is 0 Å². The van der Waals surface area contributed by atoms with Crippen LogP contribution in [0.15, 0.2) is 0 Å². The lowest BCUT2D eigenvalue weighted by molar-refractivity contribution is 0.403. The second-order valence-electron chi connectivity index (χ2n) is 0.871. The minimum absolute atomic E-state index is 0.993. The summed E-state index contributed by atoms with van der Waals surface area (Å²) < 4.78 is 23.5. The summed E-state index contributed by atoms with van der Waals surface area (Å²) in [6.45, 7) is 4.00. The van der Waals surface area contributed by atoms with Crippen LogP contribution in [0.4, 0.5) is 0 Å². The summed E-state index contributed by atoms with van der Waals surface area (Å²) in [7, 11) is -2.04. The summed E-state index contributed by atoms with van der Waals surface area (Å²) in [4.78, 5) is 0. The van der Waals surface area contributed by atoms with Crippen LogP contribution in [0.25, 0.3) is 0 Å². The first-order valence-corrected chi connectivity index (χ1v) is 4.13. The second kappa shape index (κ2) is 5.05. The van der Waals surface area contributed by atoms with Crippen molar-refractivity contribution in [2.75, 3.05) is 13.4 Å². The third kappa shape index (κ3) is 16.8. The standard InChI is InChI=1S/C2H6O3S.C2H6/c1-5-6(2,3)4;1-2/h1-2H3;1-2H3. The normalized spacial score (nSPS) is 9.50. The van der Waals surface area contributed by atoms with Crippen LogP contribution in [0.3, 0.4) is 0 Å². The van der Waals surface area contributed by atoms with E-state index in [0.717, 1.165) is 13.4 Å². The molecule has 0 aliphatic carbocycles. The summed E-state index contributed by atoms with van der Waals surface area (Å²) in [6, 6.07) is 0. The zero-order valence-corrected chi connectivity index (χ0v) is 6.45. The van der Waals surface area contributed by atoms with Crippen LogP contribution in [0, 0.1) is 0 Å². The monoisotopic (exact) mass is 140 g/mol. The van der Waals surface area contributed by atoms with E-state index in [4.69, 9.17) is 0 Å². The molecule has 0 heterocycles. The predicted molar refractivity (Wildman–Crippen MR) is 33.2 cm³/mol. The van der Waals surface area contributed by atoms with Gasteiger partial charge >= 0.3 is 0 Å². The lowest BCUT2D eigenvalue weighted by Gasteiger charge is -1.84. The van der Waals surface area contributed by atoms with Crippen molar-refractivity contribution in [3.05, 3.63) is 0 Å². The van der Waals surface area contributed by atoms with Crippen LogP contribution in [-0.2, 0) is 14.3 Å². The van der Waals surface area contributed by atoms with Crippen molar-refractivity contribution in [2.24, 2.45) is 0 Å². The van der Waals surface area contributed by atoms with E-state index in [1.54, 1.807) is 0 Å². The number of hydrogen-bond acceptors (Lipinski definition) is 3. The van der Waals surface area contributed by atoms with Gasteiger partial charge in [0.15, 0.2) is 0 Å². The molecule has 0 atom stereocenters. The van der Waals surface area contributed by atoms with Gasteiger partial charge in [0.25, 0.3) is 10.1 Å². The van der Waals surface area contributed by atoms with Crippen molar-refractivity contribution >= 4 is 10.1 Å². The van der Waals surface area contributed by atoms with Crippen LogP contribution in [0.1, 0.15) is 13.8 Å². The third-order valence-electron chi connectivity index (χ3n) is 0.303. The molecule has 0 fully saturated rings. The molecule has 0 bridgehead atoms. The molecule has 0 aromatic heterocycles. The molecule has 0 radical (unpaired) electrons. The third-order valence-corrected chi connectivity index (χ3v) is 0.908. The van der Waals surface area contributed by atoms with E-state index < -0.39 is 10.1 Å². The number of rotatable bonds is 1. The zero-order valence-electron chi connectivity index (χ0n) is 5.63. The molecule has 0 N–H and O–H groups in total. The van der Waals surface area contributed by atoms with E-state index in [2.05, 4.69) is 4.18 Å². The molecule has 0 saturated carbocycles. The molecule has 0 spiro atoms. The lowest BCUT2D eigenvalue weighted by atomic mass is 11.0. The largest absolute Gasteiger partial charge is 0.274 e. The van der Waals surface area contributed by atoms with Crippen molar-refractivity contribution in [3.63, 3.8) is 0 Å². The minimum Gasteiger partial charge on any atom is -0.274 e. The maximum Gasteiger partial charge on any atom is 0.264 e. The first-order valence-electron chi connectivity index (χ1n) is 2.32. The van der Waals surface area contributed by atoms with E-state index in [-0.39, 0.29) is 0 Å². The molecule has 0 amide bonds. The summed E-state index contributed by atoms with van der Waals surface area (Å²) in [5, 5.41) is 0. The van der Waals surface area contributed by atoms with Crippen LogP contribution in [0.2, 0.25) is 0 Å². The van der Waals surface area contributed by atoms with Gasteiger partial charge in [0.05, 0.1) is 13.4 Å². The second-order valence-corrected chi connectivity index (χ2v) is 2.61.